The Bertz CT molecular complexity index is 1650. The van der Waals surface area contributed by atoms with Crippen molar-refractivity contribution in [3.05, 3.63) is 96.1 Å². The van der Waals surface area contributed by atoms with Gasteiger partial charge in [-0.3, -0.25) is 19.2 Å². The number of hydrogen-bond acceptors (Lipinski definition) is 4. The molecule has 4 aromatic carbocycles. The fourth-order valence-corrected chi connectivity index (χ4v) is 5.22. The third kappa shape index (κ3) is 4.73. The summed E-state index contributed by atoms with van der Waals surface area (Å²) in [6.07, 6.45) is -4.61. The maximum atomic E-state index is 12.9. The van der Waals surface area contributed by atoms with E-state index in [1.165, 1.54) is 35.2 Å². The minimum absolute atomic E-state index is 0.209. The summed E-state index contributed by atoms with van der Waals surface area (Å²) in [6.45, 7) is -0.246. The van der Waals surface area contributed by atoms with Gasteiger partial charge in [0.25, 0.3) is 15.9 Å². The van der Waals surface area contributed by atoms with Gasteiger partial charge in [-0.15, -0.1) is 0 Å². The number of nitrogens with zero attached hydrogens (tertiary/aromatic N) is 1. The van der Waals surface area contributed by atoms with Gasteiger partial charge in [-0.2, -0.15) is 13.2 Å². The number of carbonyl (C=O) groups is 2. The van der Waals surface area contributed by atoms with Gasteiger partial charge in [0.05, 0.1) is 16.1 Å². The highest BCUT2D eigenvalue weighted by Gasteiger charge is 2.32. The Hall–Kier alpha value is -4.38. The fourth-order valence-electron chi connectivity index (χ4n) is 4.17. The first-order valence-corrected chi connectivity index (χ1v) is 12.4. The molecule has 37 heavy (non-hydrogen) atoms. The van der Waals surface area contributed by atoms with Crippen LogP contribution >= 0.6 is 0 Å². The molecule has 5 rings (SSSR count). The summed E-state index contributed by atoms with van der Waals surface area (Å²) >= 11 is 0. The Morgan fingerprint density at radius 3 is 2.24 bits per heavy atom. The lowest BCUT2D eigenvalue weighted by molar-refractivity contribution is -0.137. The lowest BCUT2D eigenvalue weighted by Crippen LogP contribution is -2.35. The first kappa shape index (κ1) is 24.3. The second-order valence-corrected chi connectivity index (χ2v) is 10.0. The summed E-state index contributed by atoms with van der Waals surface area (Å²) in [5, 5.41) is 4.30. The second-order valence-electron chi connectivity index (χ2n) is 8.33. The number of alkyl halides is 3. The molecule has 2 amide bonds. The second kappa shape index (κ2) is 8.93. The van der Waals surface area contributed by atoms with Crippen LogP contribution in [-0.2, 0) is 21.0 Å². The molecule has 0 aliphatic carbocycles. The van der Waals surface area contributed by atoms with Gasteiger partial charge in [0.1, 0.15) is 6.54 Å². The number of carbonyl (C=O) groups excluding carboxylic acids is 2. The van der Waals surface area contributed by atoms with E-state index in [1.54, 1.807) is 24.3 Å². The van der Waals surface area contributed by atoms with E-state index < -0.39 is 27.7 Å². The molecular formula is C26H18F3N3O4S. The van der Waals surface area contributed by atoms with Crippen LogP contribution in [0.3, 0.4) is 0 Å². The summed E-state index contributed by atoms with van der Waals surface area (Å²) in [4.78, 5) is 26.7. The average Bonchev–Trinajstić information content (AvgIpc) is 3.12. The maximum absolute atomic E-state index is 12.9. The number of nitrogens with one attached hydrogen (secondary N) is 2. The van der Waals surface area contributed by atoms with Crippen molar-refractivity contribution in [2.45, 2.75) is 11.1 Å². The number of benzene rings is 4. The highest BCUT2D eigenvalue weighted by Crippen LogP contribution is 2.37. The standard InChI is InChI=1S/C26H18F3N3O4S/c27-26(28,29)17-6-3-7-19(14-17)31-37(35,36)20-12-10-18(11-13-20)30-23(33)15-32-22-9-2-5-16-4-1-8-21(24(16)22)25(32)34/h1-14,31H,15H2,(H,30,33). The van der Waals surface area contributed by atoms with Gasteiger partial charge in [-0.25, -0.2) is 8.42 Å². The quantitative estimate of drug-likeness (QED) is 0.359. The molecule has 0 fully saturated rings. The van der Waals surface area contributed by atoms with Crippen LogP contribution in [0.15, 0.2) is 89.8 Å². The molecule has 0 saturated carbocycles. The molecule has 0 radical (unpaired) electrons. The van der Waals surface area contributed by atoms with Crippen LogP contribution < -0.4 is 14.9 Å². The zero-order chi connectivity index (χ0) is 26.4. The highest BCUT2D eigenvalue weighted by atomic mass is 32.2. The molecule has 4 aromatic rings. The fraction of sp³-hybridized carbons (Fsp3) is 0.0769. The highest BCUT2D eigenvalue weighted by molar-refractivity contribution is 7.92. The topological polar surface area (TPSA) is 95.6 Å². The zero-order valence-corrected chi connectivity index (χ0v) is 19.7. The van der Waals surface area contributed by atoms with Crippen molar-refractivity contribution in [3.63, 3.8) is 0 Å². The molecule has 2 N–H and O–H groups in total. The minimum atomic E-state index is -4.61. The van der Waals surface area contributed by atoms with Crippen LogP contribution in [0.2, 0.25) is 0 Å². The molecule has 1 heterocycles. The average molecular weight is 526 g/mol. The van der Waals surface area contributed by atoms with Gasteiger partial charge >= 0.3 is 6.18 Å². The van der Waals surface area contributed by atoms with E-state index in [0.29, 0.717) is 17.3 Å². The lowest BCUT2D eigenvalue weighted by atomic mass is 10.1. The summed E-state index contributed by atoms with van der Waals surface area (Å²) in [5.74, 6) is -0.778. The summed E-state index contributed by atoms with van der Waals surface area (Å²) in [6, 6.07) is 19.8. The zero-order valence-electron chi connectivity index (χ0n) is 18.9. The van der Waals surface area contributed by atoms with Crippen molar-refractivity contribution >= 4 is 49.7 Å². The predicted octanol–water partition coefficient (Wildman–Crippen LogP) is 5.26. The first-order valence-electron chi connectivity index (χ1n) is 11.0. The van der Waals surface area contributed by atoms with Gasteiger partial charge in [0.15, 0.2) is 0 Å². The smallest absolute Gasteiger partial charge is 0.325 e. The first-order chi connectivity index (χ1) is 17.5. The number of anilines is 3. The van der Waals surface area contributed by atoms with E-state index in [0.717, 1.165) is 22.9 Å². The number of hydrogen-bond donors (Lipinski definition) is 2. The van der Waals surface area contributed by atoms with Gasteiger partial charge < -0.3 is 5.32 Å². The van der Waals surface area contributed by atoms with E-state index in [4.69, 9.17) is 0 Å². The lowest BCUT2D eigenvalue weighted by Gasteiger charge is -2.17. The van der Waals surface area contributed by atoms with Crippen molar-refractivity contribution in [3.8, 4) is 0 Å². The minimum Gasteiger partial charge on any atom is -0.325 e. The van der Waals surface area contributed by atoms with E-state index in [-0.39, 0.29) is 28.7 Å². The molecule has 0 bridgehead atoms. The van der Waals surface area contributed by atoms with Gasteiger partial charge in [-0.1, -0.05) is 30.3 Å². The molecule has 0 atom stereocenters. The maximum Gasteiger partial charge on any atom is 0.416 e. The number of halogens is 3. The predicted molar refractivity (Wildman–Crippen MR) is 133 cm³/mol. The molecule has 1 aliphatic rings. The van der Waals surface area contributed by atoms with E-state index in [2.05, 4.69) is 10.0 Å². The van der Waals surface area contributed by atoms with E-state index in [1.807, 2.05) is 12.1 Å². The Balaban J connectivity index is 1.27. The summed E-state index contributed by atoms with van der Waals surface area (Å²) in [7, 11) is -4.18. The molecule has 1 aliphatic heterocycles. The Morgan fingerprint density at radius 1 is 0.865 bits per heavy atom. The van der Waals surface area contributed by atoms with Gasteiger partial charge in [0.2, 0.25) is 5.91 Å². The normalized spacial score (nSPS) is 13.2. The molecule has 0 saturated heterocycles. The van der Waals surface area contributed by atoms with Gasteiger partial charge in [-0.05, 0) is 60.0 Å². The molecule has 0 spiro atoms. The van der Waals surface area contributed by atoms with Gasteiger partial charge in [0, 0.05) is 22.3 Å². The summed E-state index contributed by atoms with van der Waals surface area (Å²) < 4.78 is 66.1. The van der Waals surface area contributed by atoms with Crippen LogP contribution in [0.4, 0.5) is 30.2 Å². The molecule has 7 nitrogen and oxygen atoms in total. The van der Waals surface area contributed by atoms with Crippen LogP contribution in [0, 0.1) is 0 Å². The molecule has 11 heteroatoms. The van der Waals surface area contributed by atoms with Crippen molar-refractivity contribution in [2.75, 3.05) is 21.5 Å². The van der Waals surface area contributed by atoms with E-state index >= 15 is 0 Å². The largest absolute Gasteiger partial charge is 0.416 e. The molecule has 0 aromatic heterocycles. The Kier molecular flexibility index (Phi) is 5.87. The number of sulfonamides is 1. The SMILES string of the molecule is O=C(CN1C(=O)c2cccc3cccc1c23)Nc1ccc(S(=O)(=O)Nc2cccc(C(F)(F)F)c2)cc1. The van der Waals surface area contributed by atoms with Crippen molar-refractivity contribution in [1.29, 1.82) is 0 Å². The third-order valence-electron chi connectivity index (χ3n) is 5.84. The monoisotopic (exact) mass is 525 g/mol. The number of amides is 2. The van der Waals surface area contributed by atoms with Crippen molar-refractivity contribution in [1.82, 2.24) is 0 Å². The third-order valence-corrected chi connectivity index (χ3v) is 7.24. The van der Waals surface area contributed by atoms with Crippen LogP contribution in [-0.4, -0.2) is 26.8 Å². The Labute approximate surface area is 209 Å². The van der Waals surface area contributed by atoms with Crippen LogP contribution in [0.25, 0.3) is 10.8 Å². The van der Waals surface area contributed by atoms with Crippen molar-refractivity contribution < 1.29 is 31.2 Å². The molecule has 188 valence electrons. The van der Waals surface area contributed by atoms with E-state index in [9.17, 15) is 31.2 Å². The molecule has 0 unspecified atom stereocenters. The van der Waals surface area contributed by atoms with Crippen molar-refractivity contribution in [2.24, 2.45) is 0 Å². The molecular weight excluding hydrogens is 507 g/mol. The van der Waals surface area contributed by atoms with Crippen LogP contribution in [0.1, 0.15) is 15.9 Å². The van der Waals surface area contributed by atoms with Crippen LogP contribution in [0.5, 0.6) is 0 Å². The Morgan fingerprint density at radius 2 is 1.54 bits per heavy atom. The number of rotatable bonds is 6. The summed E-state index contributed by atoms with van der Waals surface area (Å²) in [5.41, 5.74) is 0.213.